The summed E-state index contributed by atoms with van der Waals surface area (Å²) in [6.45, 7) is 1.85. The van der Waals surface area contributed by atoms with E-state index in [1.807, 2.05) is 24.3 Å². The van der Waals surface area contributed by atoms with Gasteiger partial charge in [0.15, 0.2) is 5.78 Å². The Balaban J connectivity index is 1.54. The zero-order valence-corrected chi connectivity index (χ0v) is 12.5. The summed E-state index contributed by atoms with van der Waals surface area (Å²) >= 11 is 1.74. The zero-order valence-electron chi connectivity index (χ0n) is 11.7. The lowest BCUT2D eigenvalue weighted by atomic mass is 9.92. The molecule has 0 unspecified atom stereocenters. The molecule has 1 saturated heterocycles. The number of aromatic nitrogens is 2. The maximum Gasteiger partial charge on any atom is 0.184 e. The van der Waals surface area contributed by atoms with Gasteiger partial charge in [-0.15, -0.1) is 0 Å². The van der Waals surface area contributed by atoms with Gasteiger partial charge in [-0.1, -0.05) is 6.07 Å². The van der Waals surface area contributed by atoms with E-state index in [1.165, 1.54) is 4.90 Å². The van der Waals surface area contributed by atoms with Gasteiger partial charge in [-0.2, -0.15) is 0 Å². The number of carbonyl (C=O) groups excluding carboxylic acids is 1. The molecule has 1 fully saturated rings. The van der Waals surface area contributed by atoms with Crippen LogP contribution >= 0.6 is 11.9 Å². The third-order valence-electron chi connectivity index (χ3n) is 3.63. The highest BCUT2D eigenvalue weighted by atomic mass is 32.2. The predicted octanol–water partition coefficient (Wildman–Crippen LogP) is 3.08. The van der Waals surface area contributed by atoms with Crippen molar-refractivity contribution in [2.75, 3.05) is 13.1 Å². The molecule has 0 aromatic carbocycles. The molecule has 0 bridgehead atoms. The Morgan fingerprint density at radius 2 is 1.86 bits per heavy atom. The van der Waals surface area contributed by atoms with Crippen molar-refractivity contribution in [3.63, 3.8) is 0 Å². The number of hydrogen-bond acceptors (Lipinski definition) is 5. The molecule has 3 rings (SSSR count). The molecular formula is C16H17N3OS. The lowest BCUT2D eigenvalue weighted by Gasteiger charge is -2.29. The molecule has 0 aliphatic carbocycles. The molecule has 1 aliphatic rings. The first-order chi connectivity index (χ1) is 10.3. The highest BCUT2D eigenvalue weighted by Crippen LogP contribution is 2.29. The first-order valence-electron chi connectivity index (χ1n) is 7.11. The fourth-order valence-corrected chi connectivity index (χ4v) is 3.41. The summed E-state index contributed by atoms with van der Waals surface area (Å²) in [5, 5.41) is 0. The second-order valence-electron chi connectivity index (χ2n) is 5.06. The van der Waals surface area contributed by atoms with Crippen LogP contribution in [0, 0.1) is 5.92 Å². The molecule has 5 heteroatoms. The Bertz CT molecular complexity index is 583. The van der Waals surface area contributed by atoms with Crippen LogP contribution in [0.1, 0.15) is 23.3 Å². The number of nitrogens with zero attached hydrogens (tertiary/aromatic N) is 3. The van der Waals surface area contributed by atoms with Crippen LogP contribution in [-0.4, -0.2) is 33.1 Å². The molecule has 0 spiro atoms. The number of pyridine rings is 2. The van der Waals surface area contributed by atoms with E-state index in [0.29, 0.717) is 5.69 Å². The Kier molecular flexibility index (Phi) is 4.62. The summed E-state index contributed by atoms with van der Waals surface area (Å²) in [7, 11) is 0. The Labute approximate surface area is 128 Å². The molecule has 3 heterocycles. The third-order valence-corrected chi connectivity index (χ3v) is 4.73. The van der Waals surface area contributed by atoms with Gasteiger partial charge in [0.05, 0.1) is 0 Å². The summed E-state index contributed by atoms with van der Waals surface area (Å²) in [6.07, 6.45) is 7.09. The number of rotatable bonds is 4. The highest BCUT2D eigenvalue weighted by Gasteiger charge is 2.26. The number of carbonyl (C=O) groups is 1. The molecule has 0 radical (unpaired) electrons. The third kappa shape index (κ3) is 3.68. The van der Waals surface area contributed by atoms with E-state index in [2.05, 4.69) is 14.3 Å². The molecule has 0 atom stereocenters. The van der Waals surface area contributed by atoms with E-state index >= 15 is 0 Å². The standard InChI is InChI=1S/C16H17N3OS/c20-16(15-3-1-2-8-18-15)13-6-11-19(12-7-13)21-14-4-9-17-10-5-14/h1-5,8-10,13H,6-7,11-12H2. The predicted molar refractivity (Wildman–Crippen MR) is 83.0 cm³/mol. The average Bonchev–Trinajstić information content (AvgIpc) is 2.57. The van der Waals surface area contributed by atoms with Gasteiger partial charge in [-0.25, -0.2) is 4.31 Å². The SMILES string of the molecule is O=C(c1ccccn1)C1CCN(Sc2ccncc2)CC1. The van der Waals surface area contributed by atoms with Crippen molar-refractivity contribution < 1.29 is 4.79 Å². The van der Waals surface area contributed by atoms with Crippen molar-refractivity contribution in [3.8, 4) is 0 Å². The van der Waals surface area contributed by atoms with Crippen LogP contribution in [0.2, 0.25) is 0 Å². The smallest absolute Gasteiger partial charge is 0.184 e. The van der Waals surface area contributed by atoms with Crippen molar-refractivity contribution in [2.45, 2.75) is 17.7 Å². The van der Waals surface area contributed by atoms with Crippen LogP contribution in [-0.2, 0) is 0 Å². The Hall–Kier alpha value is -1.72. The maximum atomic E-state index is 12.4. The van der Waals surface area contributed by atoms with E-state index < -0.39 is 0 Å². The van der Waals surface area contributed by atoms with Crippen LogP contribution in [0.5, 0.6) is 0 Å². The largest absolute Gasteiger partial charge is 0.292 e. The summed E-state index contributed by atoms with van der Waals surface area (Å²) in [6, 6.07) is 9.53. The lowest BCUT2D eigenvalue weighted by molar-refractivity contribution is 0.0873. The Morgan fingerprint density at radius 3 is 2.52 bits per heavy atom. The molecule has 2 aromatic heterocycles. The van der Waals surface area contributed by atoms with Gasteiger partial charge in [0, 0.05) is 42.5 Å². The molecule has 0 saturated carbocycles. The molecule has 4 nitrogen and oxygen atoms in total. The lowest BCUT2D eigenvalue weighted by Crippen LogP contribution is -2.32. The second kappa shape index (κ2) is 6.83. The topological polar surface area (TPSA) is 46.1 Å². The van der Waals surface area contributed by atoms with Gasteiger partial charge >= 0.3 is 0 Å². The van der Waals surface area contributed by atoms with Gasteiger partial charge in [0.25, 0.3) is 0 Å². The minimum atomic E-state index is 0.106. The van der Waals surface area contributed by atoms with Crippen LogP contribution in [0.3, 0.4) is 0 Å². The van der Waals surface area contributed by atoms with Crippen molar-refractivity contribution in [3.05, 3.63) is 54.6 Å². The zero-order chi connectivity index (χ0) is 14.5. The second-order valence-corrected chi connectivity index (χ2v) is 6.23. The molecule has 21 heavy (non-hydrogen) atoms. The maximum absolute atomic E-state index is 12.4. The number of piperidine rings is 1. The molecular weight excluding hydrogens is 282 g/mol. The quantitative estimate of drug-likeness (QED) is 0.641. The number of ketones is 1. The summed E-state index contributed by atoms with van der Waals surface area (Å²) in [4.78, 5) is 21.8. The minimum Gasteiger partial charge on any atom is -0.292 e. The van der Waals surface area contributed by atoms with Crippen LogP contribution in [0.4, 0.5) is 0 Å². The fourth-order valence-electron chi connectivity index (χ4n) is 2.48. The molecule has 0 N–H and O–H groups in total. The van der Waals surface area contributed by atoms with Gasteiger partial charge in [-0.05, 0) is 49.1 Å². The minimum absolute atomic E-state index is 0.106. The van der Waals surface area contributed by atoms with Gasteiger partial charge in [0.1, 0.15) is 5.69 Å². The van der Waals surface area contributed by atoms with E-state index in [4.69, 9.17) is 0 Å². The van der Waals surface area contributed by atoms with E-state index in [9.17, 15) is 4.79 Å². The van der Waals surface area contributed by atoms with Crippen LogP contribution in [0.15, 0.2) is 53.8 Å². The van der Waals surface area contributed by atoms with Crippen molar-refractivity contribution in [1.82, 2.24) is 14.3 Å². The Morgan fingerprint density at radius 1 is 1.10 bits per heavy atom. The van der Waals surface area contributed by atoms with Crippen molar-refractivity contribution >= 4 is 17.7 Å². The normalized spacial score (nSPS) is 16.8. The van der Waals surface area contributed by atoms with Crippen LogP contribution in [0.25, 0.3) is 0 Å². The summed E-state index contributed by atoms with van der Waals surface area (Å²) in [5.74, 6) is 0.290. The molecule has 2 aromatic rings. The molecule has 1 aliphatic heterocycles. The van der Waals surface area contributed by atoms with Crippen molar-refractivity contribution in [2.24, 2.45) is 5.92 Å². The van der Waals surface area contributed by atoms with E-state index in [-0.39, 0.29) is 11.7 Å². The van der Waals surface area contributed by atoms with Gasteiger partial charge < -0.3 is 0 Å². The number of Topliss-reactive ketones (excluding diaryl/α,β-unsaturated/α-hetero) is 1. The molecule has 0 amide bonds. The summed E-state index contributed by atoms with van der Waals surface area (Å²) < 4.78 is 2.32. The number of hydrogen-bond donors (Lipinski definition) is 0. The van der Waals surface area contributed by atoms with Gasteiger partial charge in [0.2, 0.25) is 0 Å². The van der Waals surface area contributed by atoms with E-state index in [1.54, 1.807) is 36.6 Å². The van der Waals surface area contributed by atoms with E-state index in [0.717, 1.165) is 25.9 Å². The van der Waals surface area contributed by atoms with Crippen LogP contribution < -0.4 is 0 Å². The van der Waals surface area contributed by atoms with Crippen molar-refractivity contribution in [1.29, 1.82) is 0 Å². The highest BCUT2D eigenvalue weighted by molar-refractivity contribution is 7.97. The average molecular weight is 299 g/mol. The summed E-state index contributed by atoms with van der Waals surface area (Å²) in [5.41, 5.74) is 0.595. The fraction of sp³-hybridized carbons (Fsp3) is 0.312. The monoisotopic (exact) mass is 299 g/mol. The first kappa shape index (κ1) is 14.2. The first-order valence-corrected chi connectivity index (χ1v) is 7.88. The van der Waals surface area contributed by atoms with Gasteiger partial charge in [-0.3, -0.25) is 14.8 Å². The molecule has 108 valence electrons.